The molecule has 10 atom stereocenters. The lowest BCUT2D eigenvalue weighted by atomic mass is 9.44. The Balaban J connectivity index is 1.17. The second-order valence-corrected chi connectivity index (χ2v) is 14.5. The third-order valence-corrected chi connectivity index (χ3v) is 12.2. The van der Waals surface area contributed by atoms with Gasteiger partial charge in [-0.15, -0.1) is 0 Å². The highest BCUT2D eigenvalue weighted by Gasteiger charge is 2.60. The summed E-state index contributed by atoms with van der Waals surface area (Å²) in [5, 5.41) is 18.1. The lowest BCUT2D eigenvalue weighted by molar-refractivity contribution is -0.130. The van der Waals surface area contributed by atoms with Crippen LogP contribution in [0.4, 0.5) is 4.79 Å². The van der Waals surface area contributed by atoms with Crippen LogP contribution in [0.25, 0.3) is 0 Å². The molecule has 0 radical (unpaired) electrons. The molecule has 0 aromatic carbocycles. The molecule has 2 unspecified atom stereocenters. The maximum absolute atomic E-state index is 12.8. The molecule has 0 aromatic rings. The molecule has 8 heteroatoms. The maximum atomic E-state index is 12.8. The zero-order valence-electron chi connectivity index (χ0n) is 25.1. The van der Waals surface area contributed by atoms with Crippen molar-refractivity contribution in [1.29, 1.82) is 0 Å². The van der Waals surface area contributed by atoms with Gasteiger partial charge in [0, 0.05) is 39.6 Å². The van der Waals surface area contributed by atoms with Crippen LogP contribution in [0.2, 0.25) is 0 Å². The molecule has 8 nitrogen and oxygen atoms in total. The first kappa shape index (κ1) is 28.8. The van der Waals surface area contributed by atoms with Gasteiger partial charge in [0.15, 0.2) is 0 Å². The van der Waals surface area contributed by atoms with E-state index in [0.717, 1.165) is 49.7 Å². The van der Waals surface area contributed by atoms with E-state index in [1.54, 1.807) is 30.9 Å². The summed E-state index contributed by atoms with van der Waals surface area (Å²) in [7, 11) is 5.28. The molecule has 2 N–H and O–H groups in total. The predicted molar refractivity (Wildman–Crippen MR) is 152 cm³/mol. The van der Waals surface area contributed by atoms with Crippen LogP contribution in [0.1, 0.15) is 91.4 Å². The van der Waals surface area contributed by atoms with E-state index in [9.17, 15) is 14.7 Å². The van der Waals surface area contributed by atoms with Crippen molar-refractivity contribution in [2.45, 2.75) is 110 Å². The highest BCUT2D eigenvalue weighted by Crippen LogP contribution is 2.67. The molecule has 5 rings (SSSR count). The summed E-state index contributed by atoms with van der Waals surface area (Å²) in [4.78, 5) is 33.7. The number of rotatable bonds is 5. The molecule has 1 saturated heterocycles. The number of likely N-dealkylation sites (N-methyl/N-ethyl adjacent to an activating group) is 2. The Bertz CT molecular complexity index is 970. The Kier molecular flexibility index (Phi) is 8.10. The predicted octanol–water partition coefficient (Wildman–Crippen LogP) is 4.66. The van der Waals surface area contributed by atoms with Crippen LogP contribution < -0.4 is 5.32 Å². The minimum absolute atomic E-state index is 0.0793. The van der Waals surface area contributed by atoms with E-state index >= 15 is 0 Å². The lowest BCUT2D eigenvalue weighted by Crippen LogP contribution is -2.54. The molecular formula is C31H52N4O4. The van der Waals surface area contributed by atoms with Crippen molar-refractivity contribution in [1.82, 2.24) is 15.1 Å². The first-order chi connectivity index (χ1) is 18.4. The summed E-state index contributed by atoms with van der Waals surface area (Å²) < 4.78 is 0. The number of nitrogens with one attached hydrogen (secondary N) is 1. The van der Waals surface area contributed by atoms with E-state index in [2.05, 4.69) is 24.3 Å². The van der Waals surface area contributed by atoms with Crippen LogP contribution in [0.5, 0.6) is 0 Å². The average molecular weight is 545 g/mol. The van der Waals surface area contributed by atoms with Crippen molar-refractivity contribution >= 4 is 17.7 Å². The Morgan fingerprint density at radius 1 is 0.949 bits per heavy atom. The minimum Gasteiger partial charge on any atom is -0.393 e. The fraction of sp³-hybridized carbons (Fsp3) is 0.903. The number of carbonyl (C=O) groups is 2. The molecule has 1 heterocycles. The number of hydrogen-bond donors (Lipinski definition) is 2. The Labute approximate surface area is 235 Å². The van der Waals surface area contributed by atoms with Crippen molar-refractivity contribution in [3.8, 4) is 0 Å². The molecule has 4 saturated carbocycles. The van der Waals surface area contributed by atoms with Gasteiger partial charge in [-0.2, -0.15) is 0 Å². The van der Waals surface area contributed by atoms with Gasteiger partial charge in [0.05, 0.1) is 17.9 Å². The number of hydrogen-bond acceptors (Lipinski definition) is 6. The highest BCUT2D eigenvalue weighted by atomic mass is 16.7. The molecular weight excluding hydrogens is 492 g/mol. The van der Waals surface area contributed by atoms with Crippen LogP contribution in [0, 0.1) is 40.4 Å². The zero-order valence-corrected chi connectivity index (χ0v) is 25.1. The van der Waals surface area contributed by atoms with Crippen molar-refractivity contribution in [2.75, 3.05) is 27.7 Å². The lowest BCUT2D eigenvalue weighted by Gasteiger charge is -2.61. The highest BCUT2D eigenvalue weighted by molar-refractivity contribution is 5.85. The molecule has 0 aromatic heterocycles. The van der Waals surface area contributed by atoms with Gasteiger partial charge in [0.25, 0.3) is 0 Å². The van der Waals surface area contributed by atoms with Gasteiger partial charge in [-0.1, -0.05) is 19.0 Å². The van der Waals surface area contributed by atoms with E-state index in [-0.39, 0.29) is 29.5 Å². The first-order valence-electron chi connectivity index (χ1n) is 15.6. The molecule has 39 heavy (non-hydrogen) atoms. The van der Waals surface area contributed by atoms with Crippen molar-refractivity contribution in [3.63, 3.8) is 0 Å². The topological polar surface area (TPSA) is 94.5 Å². The number of carbonyl (C=O) groups excluding carboxylic acids is 2. The third-order valence-electron chi connectivity index (χ3n) is 12.2. The summed E-state index contributed by atoms with van der Waals surface area (Å²) >= 11 is 0. The molecule has 0 bridgehead atoms. The minimum atomic E-state index is -0.437. The van der Waals surface area contributed by atoms with Crippen LogP contribution >= 0.6 is 0 Å². The fourth-order valence-corrected chi connectivity index (χ4v) is 10.0. The van der Waals surface area contributed by atoms with Gasteiger partial charge in [-0.25, -0.2) is 4.79 Å². The molecule has 220 valence electrons. The first-order valence-corrected chi connectivity index (χ1v) is 15.6. The van der Waals surface area contributed by atoms with E-state index < -0.39 is 6.09 Å². The molecule has 0 spiro atoms. The van der Waals surface area contributed by atoms with Crippen LogP contribution in [-0.2, 0) is 9.63 Å². The number of amides is 2. The summed E-state index contributed by atoms with van der Waals surface area (Å²) in [5.41, 5.74) is 1.56. The zero-order chi connectivity index (χ0) is 28.1. The van der Waals surface area contributed by atoms with Gasteiger partial charge in [0.1, 0.15) is 0 Å². The monoisotopic (exact) mass is 544 g/mol. The van der Waals surface area contributed by atoms with Gasteiger partial charge in [-0.05, 0) is 112 Å². The third kappa shape index (κ3) is 5.25. The van der Waals surface area contributed by atoms with E-state index in [0.29, 0.717) is 29.7 Å². The van der Waals surface area contributed by atoms with Crippen LogP contribution in [-0.4, -0.2) is 78.5 Å². The smallest absolute Gasteiger partial charge is 0.393 e. The Morgan fingerprint density at radius 3 is 2.41 bits per heavy atom. The number of oxime groups is 1. The number of aliphatic hydroxyl groups excluding tert-OH is 1. The number of aliphatic hydroxyl groups is 1. The second kappa shape index (κ2) is 11.0. The summed E-state index contributed by atoms with van der Waals surface area (Å²) in [6.45, 7) is 7.57. The van der Waals surface area contributed by atoms with Gasteiger partial charge in [0.2, 0.25) is 5.91 Å². The van der Waals surface area contributed by atoms with Gasteiger partial charge >= 0.3 is 6.09 Å². The number of fused-ring (bicyclic) bond motifs is 5. The van der Waals surface area contributed by atoms with E-state index in [1.807, 2.05) is 6.92 Å². The SMILES string of the molecule is C/C(=N\OC(=O)N(C)CC1CCC(C(=O)N(C)C)N1)[C@H]1CC[C@H]2[C@@H]3CC[C@@H]4C[C@H](O)CC[C@]4(C)[C@H]3CC[C@]12C. The summed E-state index contributed by atoms with van der Waals surface area (Å²) in [5.74, 6) is 3.38. The van der Waals surface area contributed by atoms with Crippen molar-refractivity contribution < 1.29 is 19.5 Å². The molecule has 5 aliphatic rings. The van der Waals surface area contributed by atoms with Crippen LogP contribution in [0.3, 0.4) is 0 Å². The standard InChI is InChI=1S/C31H52N4O4/c1-19(33-39-29(38)35(6)18-21-8-12-27(32-21)28(37)34(4)5)24-10-11-25-23-9-7-20-17-22(36)13-15-30(20,2)26(23)14-16-31(24,25)3/h20-27,32,36H,7-18H2,1-6H3/b33-19+/t20-,21?,22-,23+,24-,25+,26+,27?,30+,31-/m1/s1. The van der Waals surface area contributed by atoms with Crippen molar-refractivity contribution in [2.24, 2.45) is 45.6 Å². The van der Waals surface area contributed by atoms with E-state index in [4.69, 9.17) is 4.84 Å². The summed E-state index contributed by atoms with van der Waals surface area (Å²) in [6, 6.07) is -0.0984. The van der Waals surface area contributed by atoms with Gasteiger partial charge < -0.3 is 20.2 Å². The van der Waals surface area contributed by atoms with Crippen LogP contribution in [0.15, 0.2) is 5.16 Å². The van der Waals surface area contributed by atoms with Gasteiger partial charge in [-0.3, -0.25) is 9.63 Å². The largest absolute Gasteiger partial charge is 0.435 e. The maximum Gasteiger partial charge on any atom is 0.435 e. The second-order valence-electron chi connectivity index (χ2n) is 14.5. The summed E-state index contributed by atoms with van der Waals surface area (Å²) in [6.07, 6.45) is 11.7. The molecule has 4 aliphatic carbocycles. The van der Waals surface area contributed by atoms with Crippen molar-refractivity contribution in [3.05, 3.63) is 0 Å². The fourth-order valence-electron chi connectivity index (χ4n) is 10.0. The molecule has 5 fully saturated rings. The number of nitrogens with zero attached hydrogens (tertiary/aromatic N) is 3. The van der Waals surface area contributed by atoms with E-state index in [1.165, 1.54) is 38.5 Å². The quantitative estimate of drug-likeness (QED) is 0.298. The average Bonchev–Trinajstić information content (AvgIpc) is 3.50. The Morgan fingerprint density at radius 2 is 1.67 bits per heavy atom. The Hall–Kier alpha value is -1.67. The normalized spacial score (nSPS) is 43.7. The molecule has 1 aliphatic heterocycles. The molecule has 2 amide bonds.